The predicted molar refractivity (Wildman–Crippen MR) is 63.9 cm³/mol. The average molecular weight is 211 g/mol. The Bertz CT molecular complexity index is 201. The van der Waals surface area contributed by atoms with Crippen molar-refractivity contribution < 1.29 is 0 Å². The highest BCUT2D eigenvalue weighted by Gasteiger charge is 2.32. The van der Waals surface area contributed by atoms with Gasteiger partial charge in [-0.15, -0.1) is 0 Å². The zero-order valence-electron chi connectivity index (χ0n) is 10.0. The third kappa shape index (κ3) is 3.16. The van der Waals surface area contributed by atoms with Gasteiger partial charge in [-0.25, -0.2) is 0 Å². The lowest BCUT2D eigenvalue weighted by atomic mass is 9.95. The van der Waals surface area contributed by atoms with Gasteiger partial charge in [0.25, 0.3) is 0 Å². The fourth-order valence-corrected chi connectivity index (χ4v) is 2.88. The molecule has 1 atom stereocenters. The first kappa shape index (κ1) is 11.4. The summed E-state index contributed by atoms with van der Waals surface area (Å²) in [6, 6.07) is 0. The largest absolute Gasteiger partial charge is 0.324 e. The fourth-order valence-electron chi connectivity index (χ4n) is 2.88. The summed E-state index contributed by atoms with van der Waals surface area (Å²) in [5.41, 5.74) is 6.50. The van der Waals surface area contributed by atoms with E-state index in [1.54, 1.807) is 0 Å². The van der Waals surface area contributed by atoms with Crippen molar-refractivity contribution in [2.75, 3.05) is 39.8 Å². The first-order valence-electron chi connectivity index (χ1n) is 6.38. The molecule has 0 saturated carbocycles. The first-order valence-corrected chi connectivity index (χ1v) is 6.38. The van der Waals surface area contributed by atoms with Crippen molar-refractivity contribution in [3.05, 3.63) is 0 Å². The number of piperidine rings is 1. The molecule has 0 radical (unpaired) electrons. The summed E-state index contributed by atoms with van der Waals surface area (Å²) in [4.78, 5) is 4.95. The Morgan fingerprint density at radius 2 is 1.87 bits per heavy atom. The van der Waals surface area contributed by atoms with Crippen molar-refractivity contribution in [3.63, 3.8) is 0 Å². The van der Waals surface area contributed by atoms with Gasteiger partial charge in [-0.1, -0.05) is 6.42 Å². The van der Waals surface area contributed by atoms with Gasteiger partial charge >= 0.3 is 0 Å². The van der Waals surface area contributed by atoms with Crippen molar-refractivity contribution in [2.45, 2.75) is 37.6 Å². The van der Waals surface area contributed by atoms with E-state index in [1.165, 1.54) is 58.3 Å². The van der Waals surface area contributed by atoms with Gasteiger partial charge in [-0.2, -0.15) is 0 Å². The summed E-state index contributed by atoms with van der Waals surface area (Å²) in [6.45, 7) is 6.07. The van der Waals surface area contributed by atoms with Crippen LogP contribution in [0.2, 0.25) is 0 Å². The third-order valence-corrected chi connectivity index (χ3v) is 3.95. The molecule has 88 valence electrons. The summed E-state index contributed by atoms with van der Waals surface area (Å²) >= 11 is 0. The Kier molecular flexibility index (Phi) is 3.65. The van der Waals surface area contributed by atoms with Gasteiger partial charge in [-0.05, 0) is 58.9 Å². The molecule has 3 heteroatoms. The predicted octanol–water partition coefficient (Wildman–Crippen LogP) is 0.895. The molecule has 1 unspecified atom stereocenters. The van der Waals surface area contributed by atoms with Gasteiger partial charge in [0.1, 0.15) is 0 Å². The quantitative estimate of drug-likeness (QED) is 0.752. The van der Waals surface area contributed by atoms with Crippen molar-refractivity contribution in [1.82, 2.24) is 9.80 Å². The second-order valence-electron chi connectivity index (χ2n) is 5.50. The summed E-state index contributed by atoms with van der Waals surface area (Å²) < 4.78 is 0. The van der Waals surface area contributed by atoms with Crippen molar-refractivity contribution in [3.8, 4) is 0 Å². The smallest absolute Gasteiger partial charge is 0.0307 e. The standard InChI is InChI=1S/C12H25N3/c1-14-9-5-12(13,11-14)6-10-15-7-3-2-4-8-15/h2-11,13H2,1H3. The van der Waals surface area contributed by atoms with Crippen LogP contribution in [0.25, 0.3) is 0 Å². The van der Waals surface area contributed by atoms with E-state index in [1.807, 2.05) is 0 Å². The number of nitrogens with two attached hydrogens (primary N) is 1. The highest BCUT2D eigenvalue weighted by atomic mass is 15.2. The van der Waals surface area contributed by atoms with Crippen LogP contribution in [0.1, 0.15) is 32.1 Å². The molecule has 2 fully saturated rings. The minimum absolute atomic E-state index is 0.103. The number of likely N-dealkylation sites (tertiary alicyclic amines) is 2. The van der Waals surface area contributed by atoms with Crippen molar-refractivity contribution in [1.29, 1.82) is 0 Å². The third-order valence-electron chi connectivity index (χ3n) is 3.95. The van der Waals surface area contributed by atoms with Gasteiger partial charge in [0.2, 0.25) is 0 Å². The molecular weight excluding hydrogens is 186 g/mol. The molecule has 0 bridgehead atoms. The van der Waals surface area contributed by atoms with E-state index in [0.717, 1.165) is 6.54 Å². The minimum Gasteiger partial charge on any atom is -0.324 e. The maximum absolute atomic E-state index is 6.40. The lowest BCUT2D eigenvalue weighted by molar-refractivity contribution is 0.204. The molecule has 2 aliphatic rings. The lowest BCUT2D eigenvalue weighted by Crippen LogP contribution is -2.45. The van der Waals surface area contributed by atoms with E-state index in [4.69, 9.17) is 5.73 Å². The number of hydrogen-bond acceptors (Lipinski definition) is 3. The molecule has 2 saturated heterocycles. The molecule has 0 aliphatic carbocycles. The van der Waals surface area contributed by atoms with Crippen LogP contribution in [0.5, 0.6) is 0 Å². The van der Waals surface area contributed by atoms with Gasteiger partial charge in [0.05, 0.1) is 0 Å². The molecule has 0 aromatic heterocycles. The molecule has 2 rings (SSSR count). The van der Waals surface area contributed by atoms with E-state index in [0.29, 0.717) is 0 Å². The second-order valence-corrected chi connectivity index (χ2v) is 5.50. The number of rotatable bonds is 3. The minimum atomic E-state index is 0.103. The van der Waals surface area contributed by atoms with Crippen LogP contribution in [0.15, 0.2) is 0 Å². The molecule has 15 heavy (non-hydrogen) atoms. The van der Waals surface area contributed by atoms with Gasteiger partial charge in [0, 0.05) is 12.1 Å². The van der Waals surface area contributed by atoms with Crippen LogP contribution in [0.3, 0.4) is 0 Å². The first-order chi connectivity index (χ1) is 7.18. The normalized spacial score (nSPS) is 34.8. The topological polar surface area (TPSA) is 32.5 Å². The van der Waals surface area contributed by atoms with Crippen LogP contribution in [0, 0.1) is 0 Å². The van der Waals surface area contributed by atoms with Gasteiger partial charge < -0.3 is 15.5 Å². The van der Waals surface area contributed by atoms with Crippen molar-refractivity contribution in [2.24, 2.45) is 5.73 Å². The summed E-state index contributed by atoms with van der Waals surface area (Å²) in [7, 11) is 2.18. The Hall–Kier alpha value is -0.120. The number of nitrogens with zero attached hydrogens (tertiary/aromatic N) is 2. The molecule has 3 nitrogen and oxygen atoms in total. The molecule has 0 aromatic rings. The van der Waals surface area contributed by atoms with Crippen LogP contribution in [-0.4, -0.2) is 55.1 Å². The SMILES string of the molecule is CN1CCC(N)(CCN2CCCCC2)C1. The highest BCUT2D eigenvalue weighted by Crippen LogP contribution is 2.22. The monoisotopic (exact) mass is 211 g/mol. The van der Waals surface area contributed by atoms with E-state index in [9.17, 15) is 0 Å². The maximum atomic E-state index is 6.40. The zero-order chi connectivity index (χ0) is 10.7. The zero-order valence-corrected chi connectivity index (χ0v) is 10.0. The van der Waals surface area contributed by atoms with E-state index >= 15 is 0 Å². The summed E-state index contributed by atoms with van der Waals surface area (Å²) in [5.74, 6) is 0. The average Bonchev–Trinajstić information content (AvgIpc) is 2.58. The fraction of sp³-hybridized carbons (Fsp3) is 1.00. The van der Waals surface area contributed by atoms with Crippen LogP contribution in [0.4, 0.5) is 0 Å². The summed E-state index contributed by atoms with van der Waals surface area (Å²) in [5, 5.41) is 0. The second kappa shape index (κ2) is 4.81. The highest BCUT2D eigenvalue weighted by molar-refractivity contribution is 4.93. The Morgan fingerprint density at radius 1 is 1.13 bits per heavy atom. The maximum Gasteiger partial charge on any atom is 0.0307 e. The molecule has 0 spiro atoms. The molecule has 0 amide bonds. The van der Waals surface area contributed by atoms with E-state index in [2.05, 4.69) is 16.8 Å². The van der Waals surface area contributed by atoms with E-state index in [-0.39, 0.29) is 5.54 Å². The molecular formula is C12H25N3. The molecule has 2 heterocycles. The Morgan fingerprint density at radius 3 is 2.47 bits per heavy atom. The molecule has 0 aromatic carbocycles. The lowest BCUT2D eigenvalue weighted by Gasteiger charge is -2.31. The summed E-state index contributed by atoms with van der Waals surface area (Å²) in [6.07, 6.45) is 6.55. The van der Waals surface area contributed by atoms with Crippen molar-refractivity contribution >= 4 is 0 Å². The Balaban J connectivity index is 1.72. The number of hydrogen-bond donors (Lipinski definition) is 1. The van der Waals surface area contributed by atoms with Gasteiger partial charge in [-0.3, -0.25) is 0 Å². The van der Waals surface area contributed by atoms with Gasteiger partial charge in [0.15, 0.2) is 0 Å². The van der Waals surface area contributed by atoms with Crippen LogP contribution >= 0.6 is 0 Å². The molecule has 2 N–H and O–H groups in total. The van der Waals surface area contributed by atoms with Crippen LogP contribution in [-0.2, 0) is 0 Å². The Labute approximate surface area is 93.6 Å². The molecule has 2 aliphatic heterocycles. The van der Waals surface area contributed by atoms with E-state index < -0.39 is 0 Å². The number of likely N-dealkylation sites (N-methyl/N-ethyl adjacent to an activating group) is 1. The van der Waals surface area contributed by atoms with Crippen LogP contribution < -0.4 is 5.73 Å².